The van der Waals surface area contributed by atoms with Crippen molar-refractivity contribution in [1.82, 2.24) is 30.0 Å². The molecule has 5 heterocycles. The number of likely N-dealkylation sites (tertiary alicyclic amines) is 1. The van der Waals surface area contributed by atoms with Crippen LogP contribution in [0.4, 0.5) is 29.5 Å². The van der Waals surface area contributed by atoms with Crippen molar-refractivity contribution in [2.75, 3.05) is 50.0 Å². The van der Waals surface area contributed by atoms with Gasteiger partial charge in [0, 0.05) is 44.5 Å². The Labute approximate surface area is 223 Å². The number of urea groups is 1. The van der Waals surface area contributed by atoms with E-state index in [4.69, 9.17) is 14.7 Å². The first-order valence-electron chi connectivity index (χ1n) is 13.3. The number of piperidine rings is 1. The maximum absolute atomic E-state index is 12.9. The molecule has 2 bridgehead atoms. The number of carbonyl (C=O) groups is 1. The normalized spacial score (nSPS) is 22.4. The quantitative estimate of drug-likeness (QED) is 0.504. The monoisotopic (exact) mass is 544 g/mol. The van der Waals surface area contributed by atoms with Crippen LogP contribution in [0.25, 0.3) is 22.4 Å². The Bertz CT molecular complexity index is 1330. The van der Waals surface area contributed by atoms with Crippen molar-refractivity contribution in [3.63, 3.8) is 0 Å². The van der Waals surface area contributed by atoms with Crippen LogP contribution in [-0.4, -0.2) is 88.8 Å². The number of fused-ring (bicyclic) bond motifs is 3. The first kappa shape index (κ1) is 25.8. The summed E-state index contributed by atoms with van der Waals surface area (Å²) in [5.74, 6) is 1.32. The average molecular weight is 545 g/mol. The lowest BCUT2D eigenvalue weighted by Crippen LogP contribution is -2.43. The standard InChI is InChI=1S/C26H31F3N8O2/c1-30-25(38)32-17-4-2-16(3-5-17)22-33-23(36-13-19-6-7-20(14-36)39-19)21-12-31-37(24(21)34-22)18-8-10-35(11-9-18)15-26(27,28)29/h2-5,12,18-20H,6-11,13-15H2,1H3,(H2,30,32,38). The number of carbonyl (C=O) groups excluding carboxylic acids is 1. The summed E-state index contributed by atoms with van der Waals surface area (Å²) >= 11 is 0. The van der Waals surface area contributed by atoms with Crippen molar-refractivity contribution in [2.24, 2.45) is 0 Å². The number of benzene rings is 1. The Hall–Kier alpha value is -3.45. The summed E-state index contributed by atoms with van der Waals surface area (Å²) in [6.07, 6.45) is 1.08. The molecule has 3 aromatic rings. The van der Waals surface area contributed by atoms with Crippen LogP contribution in [0.2, 0.25) is 0 Å². The summed E-state index contributed by atoms with van der Waals surface area (Å²) in [6, 6.07) is 6.93. The van der Waals surface area contributed by atoms with Crippen LogP contribution in [0.1, 0.15) is 31.7 Å². The van der Waals surface area contributed by atoms with E-state index < -0.39 is 12.7 Å². The smallest absolute Gasteiger partial charge is 0.371 e. The molecule has 13 heteroatoms. The minimum atomic E-state index is -4.20. The number of ether oxygens (including phenoxy) is 1. The maximum atomic E-state index is 12.9. The van der Waals surface area contributed by atoms with E-state index in [0.29, 0.717) is 43.1 Å². The number of rotatable bonds is 5. The largest absolute Gasteiger partial charge is 0.401 e. The van der Waals surface area contributed by atoms with Gasteiger partial charge in [-0.1, -0.05) is 0 Å². The van der Waals surface area contributed by atoms with E-state index in [2.05, 4.69) is 20.6 Å². The number of anilines is 2. The van der Waals surface area contributed by atoms with Crippen molar-refractivity contribution in [3.05, 3.63) is 30.5 Å². The Morgan fingerprint density at radius 3 is 2.38 bits per heavy atom. The van der Waals surface area contributed by atoms with Gasteiger partial charge in [-0.25, -0.2) is 19.4 Å². The van der Waals surface area contributed by atoms with Crippen molar-refractivity contribution in [2.45, 2.75) is 50.1 Å². The van der Waals surface area contributed by atoms with Gasteiger partial charge in [0.05, 0.1) is 36.4 Å². The van der Waals surface area contributed by atoms with Gasteiger partial charge < -0.3 is 20.3 Å². The molecule has 3 fully saturated rings. The number of aromatic nitrogens is 4. The van der Waals surface area contributed by atoms with Crippen LogP contribution in [0.15, 0.2) is 30.5 Å². The molecule has 39 heavy (non-hydrogen) atoms. The zero-order valence-electron chi connectivity index (χ0n) is 21.6. The third-order valence-corrected chi connectivity index (χ3v) is 7.71. The van der Waals surface area contributed by atoms with Gasteiger partial charge in [-0.2, -0.15) is 18.3 Å². The average Bonchev–Trinajstić information content (AvgIpc) is 3.50. The van der Waals surface area contributed by atoms with Gasteiger partial charge in [0.25, 0.3) is 0 Å². The summed E-state index contributed by atoms with van der Waals surface area (Å²) in [7, 11) is 1.55. The number of morpholine rings is 1. The molecule has 2 amide bonds. The fourth-order valence-electron chi connectivity index (χ4n) is 5.81. The second-order valence-corrected chi connectivity index (χ2v) is 10.5. The fourth-order valence-corrected chi connectivity index (χ4v) is 5.81. The zero-order chi connectivity index (χ0) is 27.1. The predicted molar refractivity (Wildman–Crippen MR) is 140 cm³/mol. The number of hydrogen-bond donors (Lipinski definition) is 2. The third-order valence-electron chi connectivity index (χ3n) is 7.71. The summed E-state index contributed by atoms with van der Waals surface area (Å²) in [5.41, 5.74) is 2.10. The Balaban J connectivity index is 1.34. The second kappa shape index (κ2) is 10.3. The first-order valence-corrected chi connectivity index (χ1v) is 13.3. The minimum absolute atomic E-state index is 0.0532. The van der Waals surface area contributed by atoms with E-state index in [9.17, 15) is 18.0 Å². The summed E-state index contributed by atoms with van der Waals surface area (Å²) in [5, 5.41) is 10.8. The Morgan fingerprint density at radius 2 is 1.74 bits per heavy atom. The van der Waals surface area contributed by atoms with Crippen molar-refractivity contribution in [3.8, 4) is 11.4 Å². The summed E-state index contributed by atoms with van der Waals surface area (Å²) in [4.78, 5) is 25.3. The number of nitrogens with one attached hydrogen (secondary N) is 2. The van der Waals surface area contributed by atoms with E-state index >= 15 is 0 Å². The fraction of sp³-hybridized carbons (Fsp3) is 0.538. The molecule has 1 aromatic carbocycles. The van der Waals surface area contributed by atoms with Crippen LogP contribution < -0.4 is 15.5 Å². The molecule has 2 unspecified atom stereocenters. The van der Waals surface area contributed by atoms with Crippen molar-refractivity contribution in [1.29, 1.82) is 0 Å². The lowest BCUT2D eigenvalue weighted by atomic mass is 10.1. The van der Waals surface area contributed by atoms with Gasteiger partial charge in [-0.15, -0.1) is 0 Å². The molecule has 3 saturated heterocycles. The van der Waals surface area contributed by atoms with Gasteiger partial charge in [0.2, 0.25) is 0 Å². The SMILES string of the molecule is CNC(=O)Nc1ccc(-c2nc(N3CC4CCC(C3)O4)c3cnn(C4CCN(CC(F)(F)F)CC4)c3n2)cc1. The number of nitrogens with zero attached hydrogens (tertiary/aromatic N) is 6. The van der Waals surface area contributed by atoms with E-state index in [0.717, 1.165) is 42.7 Å². The topological polar surface area (TPSA) is 100 Å². The molecule has 0 aliphatic carbocycles. The van der Waals surface area contributed by atoms with Crippen LogP contribution in [0.5, 0.6) is 0 Å². The maximum Gasteiger partial charge on any atom is 0.401 e. The highest BCUT2D eigenvalue weighted by Gasteiger charge is 2.36. The van der Waals surface area contributed by atoms with Crippen LogP contribution >= 0.6 is 0 Å². The molecule has 6 rings (SSSR count). The lowest BCUT2D eigenvalue weighted by molar-refractivity contribution is -0.148. The van der Waals surface area contributed by atoms with Gasteiger partial charge in [0.1, 0.15) is 5.82 Å². The van der Waals surface area contributed by atoms with Gasteiger partial charge >= 0.3 is 12.2 Å². The second-order valence-electron chi connectivity index (χ2n) is 10.5. The molecule has 0 saturated carbocycles. The molecule has 3 aliphatic heterocycles. The highest BCUT2D eigenvalue weighted by molar-refractivity contribution is 5.90. The molecule has 0 radical (unpaired) electrons. The number of halogens is 3. The number of alkyl halides is 3. The molecule has 2 atom stereocenters. The van der Waals surface area contributed by atoms with Crippen molar-refractivity contribution >= 4 is 28.6 Å². The van der Waals surface area contributed by atoms with Crippen LogP contribution in [-0.2, 0) is 4.74 Å². The molecule has 2 N–H and O–H groups in total. The van der Waals surface area contributed by atoms with E-state index in [-0.39, 0.29) is 24.3 Å². The van der Waals surface area contributed by atoms with E-state index in [1.165, 1.54) is 4.90 Å². The molecular weight excluding hydrogens is 513 g/mol. The molecular formula is C26H31F3N8O2. The summed E-state index contributed by atoms with van der Waals surface area (Å²) in [6.45, 7) is 1.28. The highest BCUT2D eigenvalue weighted by atomic mass is 19.4. The number of amides is 2. The zero-order valence-corrected chi connectivity index (χ0v) is 21.6. The Kier molecular flexibility index (Phi) is 6.79. The Morgan fingerprint density at radius 1 is 1.05 bits per heavy atom. The highest BCUT2D eigenvalue weighted by Crippen LogP contribution is 2.35. The predicted octanol–water partition coefficient (Wildman–Crippen LogP) is 3.81. The minimum Gasteiger partial charge on any atom is -0.371 e. The summed E-state index contributed by atoms with van der Waals surface area (Å²) < 4.78 is 46.6. The van der Waals surface area contributed by atoms with Crippen molar-refractivity contribution < 1.29 is 22.7 Å². The molecule has 208 valence electrons. The first-order chi connectivity index (χ1) is 18.8. The lowest BCUT2D eigenvalue weighted by Gasteiger charge is -2.34. The molecule has 10 nitrogen and oxygen atoms in total. The molecule has 3 aliphatic rings. The van der Waals surface area contributed by atoms with E-state index in [1.807, 2.05) is 16.8 Å². The van der Waals surface area contributed by atoms with Gasteiger partial charge in [0.15, 0.2) is 11.5 Å². The van der Waals surface area contributed by atoms with Gasteiger partial charge in [-0.3, -0.25) is 4.90 Å². The number of hydrogen-bond acceptors (Lipinski definition) is 7. The van der Waals surface area contributed by atoms with E-state index in [1.54, 1.807) is 25.4 Å². The molecule has 0 spiro atoms. The van der Waals surface area contributed by atoms with Gasteiger partial charge in [-0.05, 0) is 49.9 Å². The van der Waals surface area contributed by atoms with Crippen LogP contribution in [0, 0.1) is 0 Å². The van der Waals surface area contributed by atoms with Crippen LogP contribution in [0.3, 0.4) is 0 Å². The third kappa shape index (κ3) is 5.50. The molecule has 2 aromatic heterocycles.